The van der Waals surface area contributed by atoms with Crippen LogP contribution in [0.2, 0.25) is 0 Å². The van der Waals surface area contributed by atoms with E-state index >= 15 is 0 Å². The predicted octanol–water partition coefficient (Wildman–Crippen LogP) is 1.44. The predicted molar refractivity (Wildman–Crippen MR) is 100.0 cm³/mol. The summed E-state index contributed by atoms with van der Waals surface area (Å²) in [7, 11) is 5.08. The molecule has 0 bridgehead atoms. The largest absolute Gasteiger partial charge is 0.384 e. The van der Waals surface area contributed by atoms with Crippen molar-refractivity contribution in [2.75, 3.05) is 40.9 Å². The van der Waals surface area contributed by atoms with Crippen LogP contribution in [-0.2, 0) is 16.1 Å². The maximum Gasteiger partial charge on any atom is 0.251 e. The lowest BCUT2D eigenvalue weighted by Gasteiger charge is -2.38. The summed E-state index contributed by atoms with van der Waals surface area (Å²) >= 11 is 0. The molecule has 2 rings (SSSR count). The van der Waals surface area contributed by atoms with Crippen LogP contribution in [0.5, 0.6) is 0 Å². The Morgan fingerprint density at radius 2 is 1.84 bits per heavy atom. The number of piperidine rings is 1. The summed E-state index contributed by atoms with van der Waals surface area (Å²) in [5, 5.41) is 5.90. The fourth-order valence-electron chi connectivity index (χ4n) is 3.26. The Morgan fingerprint density at radius 1 is 1.24 bits per heavy atom. The van der Waals surface area contributed by atoms with Gasteiger partial charge in [-0.25, -0.2) is 0 Å². The minimum Gasteiger partial charge on any atom is -0.384 e. The van der Waals surface area contributed by atoms with Gasteiger partial charge in [0, 0.05) is 33.3 Å². The van der Waals surface area contributed by atoms with Crippen LogP contribution in [0.15, 0.2) is 24.3 Å². The van der Waals surface area contributed by atoms with Gasteiger partial charge in [0.25, 0.3) is 5.91 Å². The monoisotopic (exact) mass is 369 g/mol. The van der Waals surface area contributed by atoms with Crippen molar-refractivity contribution in [3.05, 3.63) is 35.4 Å². The second-order valence-electron chi connectivity index (χ2n) is 6.40. The number of halogens is 1. The van der Waals surface area contributed by atoms with Gasteiger partial charge in [0.1, 0.15) is 0 Å². The molecular weight excluding hydrogens is 342 g/mol. The SMILES string of the molecule is CNC(=O)c1ccc(CN(C)C(=O)C2(COC)CCNCC2)cc1.Cl. The molecule has 0 atom stereocenters. The van der Waals surface area contributed by atoms with Gasteiger partial charge in [-0.3, -0.25) is 9.59 Å². The number of carbonyl (C=O) groups excluding carboxylic acids is 2. The van der Waals surface area contributed by atoms with E-state index in [0.29, 0.717) is 18.7 Å². The summed E-state index contributed by atoms with van der Waals surface area (Å²) in [5.41, 5.74) is 1.18. The molecule has 0 saturated carbocycles. The molecule has 1 aliphatic heterocycles. The minimum absolute atomic E-state index is 0. The standard InChI is InChI=1S/C18H27N3O3.ClH/c1-19-16(22)15-6-4-14(5-7-15)12-21(2)17(23)18(13-24-3)8-10-20-11-9-18;/h4-7,20H,8-13H2,1-3H3,(H,19,22);1H. The average molecular weight is 370 g/mol. The van der Waals surface area contributed by atoms with E-state index in [-0.39, 0.29) is 24.2 Å². The van der Waals surface area contributed by atoms with Crippen LogP contribution in [-0.4, -0.2) is 57.6 Å². The van der Waals surface area contributed by atoms with E-state index in [2.05, 4.69) is 10.6 Å². The highest BCUT2D eigenvalue weighted by Gasteiger charge is 2.41. The third-order valence-electron chi connectivity index (χ3n) is 4.64. The summed E-state index contributed by atoms with van der Waals surface area (Å²) in [6.45, 7) is 2.65. The van der Waals surface area contributed by atoms with E-state index in [1.165, 1.54) is 0 Å². The maximum absolute atomic E-state index is 13.0. The average Bonchev–Trinajstić information content (AvgIpc) is 2.62. The highest BCUT2D eigenvalue weighted by molar-refractivity contribution is 5.94. The molecule has 140 valence electrons. The number of rotatable bonds is 6. The summed E-state index contributed by atoms with van der Waals surface area (Å²) in [4.78, 5) is 26.3. The van der Waals surface area contributed by atoms with E-state index in [9.17, 15) is 9.59 Å². The number of carbonyl (C=O) groups is 2. The molecule has 2 N–H and O–H groups in total. The van der Waals surface area contributed by atoms with Crippen molar-refractivity contribution >= 4 is 24.2 Å². The van der Waals surface area contributed by atoms with Crippen molar-refractivity contribution < 1.29 is 14.3 Å². The summed E-state index contributed by atoms with van der Waals surface area (Å²) < 4.78 is 5.34. The molecule has 0 aliphatic carbocycles. The molecule has 25 heavy (non-hydrogen) atoms. The topological polar surface area (TPSA) is 70.7 Å². The number of methoxy groups -OCH3 is 1. The highest BCUT2D eigenvalue weighted by Crippen LogP contribution is 2.31. The highest BCUT2D eigenvalue weighted by atomic mass is 35.5. The van der Waals surface area contributed by atoms with Gasteiger partial charge >= 0.3 is 0 Å². The van der Waals surface area contributed by atoms with Crippen molar-refractivity contribution in [1.82, 2.24) is 15.5 Å². The Morgan fingerprint density at radius 3 is 2.36 bits per heavy atom. The van der Waals surface area contributed by atoms with Crippen molar-refractivity contribution in [1.29, 1.82) is 0 Å². The van der Waals surface area contributed by atoms with Crippen LogP contribution in [0.25, 0.3) is 0 Å². The zero-order valence-electron chi connectivity index (χ0n) is 15.1. The molecule has 0 unspecified atom stereocenters. The summed E-state index contributed by atoms with van der Waals surface area (Å²) in [6.07, 6.45) is 1.58. The number of nitrogens with zero attached hydrogens (tertiary/aromatic N) is 1. The zero-order valence-corrected chi connectivity index (χ0v) is 15.9. The lowest BCUT2D eigenvalue weighted by Crippen LogP contribution is -2.50. The van der Waals surface area contributed by atoms with Crippen molar-refractivity contribution in [2.24, 2.45) is 5.41 Å². The fourth-order valence-corrected chi connectivity index (χ4v) is 3.26. The summed E-state index contributed by atoms with van der Waals surface area (Å²) in [5.74, 6) is 0.0148. The third kappa shape index (κ3) is 5.17. The van der Waals surface area contributed by atoms with Gasteiger partial charge in [-0.1, -0.05) is 12.1 Å². The smallest absolute Gasteiger partial charge is 0.251 e. The minimum atomic E-state index is -0.434. The lowest BCUT2D eigenvalue weighted by atomic mass is 9.78. The lowest BCUT2D eigenvalue weighted by molar-refractivity contribution is -0.146. The van der Waals surface area contributed by atoms with Crippen LogP contribution in [0.4, 0.5) is 0 Å². The van der Waals surface area contributed by atoms with Gasteiger partial charge in [-0.05, 0) is 43.6 Å². The molecule has 1 aromatic rings. The molecule has 1 aliphatic rings. The molecule has 0 aromatic heterocycles. The Balaban J connectivity index is 0.00000312. The van der Waals surface area contributed by atoms with Gasteiger partial charge in [-0.2, -0.15) is 0 Å². The molecule has 1 aromatic carbocycles. The van der Waals surface area contributed by atoms with E-state index in [0.717, 1.165) is 31.5 Å². The van der Waals surface area contributed by atoms with Crippen LogP contribution < -0.4 is 10.6 Å². The van der Waals surface area contributed by atoms with Crippen molar-refractivity contribution in [2.45, 2.75) is 19.4 Å². The molecule has 0 radical (unpaired) electrons. The number of ether oxygens (including phenoxy) is 1. The summed E-state index contributed by atoms with van der Waals surface area (Å²) in [6, 6.07) is 7.34. The number of nitrogens with one attached hydrogen (secondary N) is 2. The van der Waals surface area contributed by atoms with E-state index in [1.54, 1.807) is 31.2 Å². The zero-order chi connectivity index (χ0) is 17.6. The van der Waals surface area contributed by atoms with E-state index in [4.69, 9.17) is 4.74 Å². The molecule has 6 nitrogen and oxygen atoms in total. The second-order valence-corrected chi connectivity index (χ2v) is 6.40. The molecule has 1 heterocycles. The van der Waals surface area contributed by atoms with Gasteiger partial charge in [0.2, 0.25) is 5.91 Å². The maximum atomic E-state index is 13.0. The number of benzene rings is 1. The van der Waals surface area contributed by atoms with Gasteiger partial charge in [0.05, 0.1) is 12.0 Å². The van der Waals surface area contributed by atoms with E-state index in [1.807, 2.05) is 19.2 Å². The molecule has 0 spiro atoms. The normalized spacial score (nSPS) is 15.8. The molecule has 2 amide bonds. The first-order valence-electron chi connectivity index (χ1n) is 8.28. The van der Waals surface area contributed by atoms with Crippen LogP contribution in [0, 0.1) is 5.41 Å². The van der Waals surface area contributed by atoms with Crippen molar-refractivity contribution in [3.8, 4) is 0 Å². The first-order chi connectivity index (χ1) is 11.5. The Bertz CT molecular complexity index is 566. The van der Waals surface area contributed by atoms with Gasteiger partial charge in [0.15, 0.2) is 0 Å². The molecule has 1 fully saturated rings. The number of hydrogen-bond acceptors (Lipinski definition) is 4. The first kappa shape index (κ1) is 21.4. The van der Waals surface area contributed by atoms with Gasteiger partial charge < -0.3 is 20.3 Å². The molecule has 7 heteroatoms. The van der Waals surface area contributed by atoms with Gasteiger partial charge in [-0.15, -0.1) is 12.4 Å². The number of amides is 2. The Hall–Kier alpha value is -1.63. The quantitative estimate of drug-likeness (QED) is 0.796. The third-order valence-corrected chi connectivity index (χ3v) is 4.64. The first-order valence-corrected chi connectivity index (χ1v) is 8.28. The van der Waals surface area contributed by atoms with Crippen LogP contribution in [0.1, 0.15) is 28.8 Å². The Kier molecular flexibility index (Phi) is 8.35. The van der Waals surface area contributed by atoms with Crippen LogP contribution >= 0.6 is 12.4 Å². The second kappa shape index (κ2) is 9.75. The fraction of sp³-hybridized carbons (Fsp3) is 0.556. The number of hydrogen-bond donors (Lipinski definition) is 2. The van der Waals surface area contributed by atoms with Crippen molar-refractivity contribution in [3.63, 3.8) is 0 Å². The Labute approximate surface area is 155 Å². The molecule has 1 saturated heterocycles. The molecular formula is C18H28ClN3O3. The van der Waals surface area contributed by atoms with Crippen LogP contribution in [0.3, 0.4) is 0 Å². The van der Waals surface area contributed by atoms with E-state index < -0.39 is 5.41 Å².